The van der Waals surface area contributed by atoms with Crippen molar-refractivity contribution in [3.63, 3.8) is 0 Å². The van der Waals surface area contributed by atoms with Crippen LogP contribution >= 0.6 is 0 Å². The summed E-state index contributed by atoms with van der Waals surface area (Å²) in [4.78, 5) is 4.05. The summed E-state index contributed by atoms with van der Waals surface area (Å²) < 4.78 is 0. The van der Waals surface area contributed by atoms with Crippen molar-refractivity contribution in [3.05, 3.63) is 36.5 Å². The lowest BCUT2D eigenvalue weighted by Crippen LogP contribution is -1.95. The highest BCUT2D eigenvalue weighted by atomic mass is 15.1. The SMILES string of the molecule is N#CCCN=CNc1ccc(-c2ccn[nH]2)cc1. The number of hydrogen-bond acceptors (Lipinski definition) is 3. The fraction of sp³-hybridized carbons (Fsp3) is 0.154. The summed E-state index contributed by atoms with van der Waals surface area (Å²) in [6.45, 7) is 0.524. The van der Waals surface area contributed by atoms with Crippen LogP contribution in [0.15, 0.2) is 41.5 Å². The van der Waals surface area contributed by atoms with Crippen LogP contribution in [-0.2, 0) is 0 Å². The minimum Gasteiger partial charge on any atom is -0.347 e. The molecule has 5 nitrogen and oxygen atoms in total. The number of aromatic nitrogens is 2. The van der Waals surface area contributed by atoms with Crippen LogP contribution in [0, 0.1) is 11.3 Å². The maximum Gasteiger partial charge on any atom is 0.0868 e. The first-order chi connectivity index (χ1) is 8.90. The van der Waals surface area contributed by atoms with Gasteiger partial charge in [-0.2, -0.15) is 10.4 Å². The first kappa shape index (κ1) is 11.9. The fourth-order valence-electron chi connectivity index (χ4n) is 1.46. The summed E-state index contributed by atoms with van der Waals surface area (Å²) in [5, 5.41) is 18.2. The number of aliphatic imine (C=N–C) groups is 1. The smallest absolute Gasteiger partial charge is 0.0868 e. The van der Waals surface area contributed by atoms with Gasteiger partial charge in [0.25, 0.3) is 0 Å². The summed E-state index contributed by atoms with van der Waals surface area (Å²) in [6.07, 6.45) is 3.78. The fourth-order valence-corrected chi connectivity index (χ4v) is 1.46. The quantitative estimate of drug-likeness (QED) is 0.478. The summed E-state index contributed by atoms with van der Waals surface area (Å²) in [5.41, 5.74) is 3.03. The maximum absolute atomic E-state index is 8.35. The van der Waals surface area contributed by atoms with Crippen molar-refractivity contribution < 1.29 is 0 Å². The Bertz CT molecular complexity index is 534. The summed E-state index contributed by atoms with van der Waals surface area (Å²) in [7, 11) is 0. The molecule has 0 fully saturated rings. The monoisotopic (exact) mass is 239 g/mol. The zero-order valence-electron chi connectivity index (χ0n) is 9.80. The van der Waals surface area contributed by atoms with Gasteiger partial charge in [0.2, 0.25) is 0 Å². The highest BCUT2D eigenvalue weighted by Gasteiger charge is 1.97. The molecule has 2 rings (SSSR count). The van der Waals surface area contributed by atoms with Crippen molar-refractivity contribution in [3.8, 4) is 17.3 Å². The molecule has 90 valence electrons. The van der Waals surface area contributed by atoms with Crippen molar-refractivity contribution in [2.75, 3.05) is 11.9 Å². The van der Waals surface area contributed by atoms with Gasteiger partial charge in [0.15, 0.2) is 0 Å². The number of benzene rings is 1. The van der Waals surface area contributed by atoms with Crippen molar-refractivity contribution in [2.24, 2.45) is 4.99 Å². The van der Waals surface area contributed by atoms with Crippen LogP contribution < -0.4 is 5.32 Å². The van der Waals surface area contributed by atoms with E-state index in [1.807, 2.05) is 36.4 Å². The molecule has 18 heavy (non-hydrogen) atoms. The van der Waals surface area contributed by atoms with E-state index in [9.17, 15) is 0 Å². The van der Waals surface area contributed by atoms with Crippen molar-refractivity contribution >= 4 is 12.0 Å². The van der Waals surface area contributed by atoms with Crippen LogP contribution in [0.2, 0.25) is 0 Å². The molecule has 2 N–H and O–H groups in total. The van der Waals surface area contributed by atoms with Gasteiger partial charge in [-0.05, 0) is 23.8 Å². The Morgan fingerprint density at radius 2 is 2.17 bits per heavy atom. The molecule has 0 spiro atoms. The second-order valence-corrected chi connectivity index (χ2v) is 3.64. The van der Waals surface area contributed by atoms with E-state index >= 15 is 0 Å². The molecule has 0 unspecified atom stereocenters. The van der Waals surface area contributed by atoms with Crippen molar-refractivity contribution in [2.45, 2.75) is 6.42 Å². The molecule has 2 aromatic rings. The average Bonchev–Trinajstić information content (AvgIpc) is 2.93. The molecule has 0 atom stereocenters. The molecule has 0 saturated heterocycles. The molecular formula is C13H13N5. The Morgan fingerprint density at radius 3 is 2.83 bits per heavy atom. The van der Waals surface area contributed by atoms with E-state index in [2.05, 4.69) is 20.5 Å². The number of nitrogens with zero attached hydrogens (tertiary/aromatic N) is 3. The Balaban J connectivity index is 1.92. The number of anilines is 1. The van der Waals surface area contributed by atoms with E-state index < -0.39 is 0 Å². The zero-order chi connectivity index (χ0) is 12.6. The van der Waals surface area contributed by atoms with E-state index in [-0.39, 0.29) is 0 Å². The van der Waals surface area contributed by atoms with Crippen molar-refractivity contribution in [1.29, 1.82) is 5.26 Å². The Hall–Kier alpha value is -2.61. The van der Waals surface area contributed by atoms with Gasteiger partial charge in [0, 0.05) is 11.9 Å². The Morgan fingerprint density at radius 1 is 1.33 bits per heavy atom. The first-order valence-corrected chi connectivity index (χ1v) is 5.62. The van der Waals surface area contributed by atoms with Crippen LogP contribution in [0.3, 0.4) is 0 Å². The molecule has 0 radical (unpaired) electrons. The predicted molar refractivity (Wildman–Crippen MR) is 71.2 cm³/mol. The van der Waals surface area contributed by atoms with E-state index in [4.69, 9.17) is 5.26 Å². The molecule has 0 aliphatic carbocycles. The minimum absolute atomic E-state index is 0.441. The molecule has 5 heteroatoms. The Labute approximate surface area is 105 Å². The highest BCUT2D eigenvalue weighted by molar-refractivity contribution is 5.76. The number of rotatable bonds is 5. The molecule has 1 aromatic heterocycles. The maximum atomic E-state index is 8.35. The lowest BCUT2D eigenvalue weighted by molar-refractivity contribution is 1.02. The van der Waals surface area contributed by atoms with Gasteiger partial charge in [-0.3, -0.25) is 10.1 Å². The van der Waals surface area contributed by atoms with Gasteiger partial charge in [0.1, 0.15) is 0 Å². The van der Waals surface area contributed by atoms with Crippen LogP contribution in [0.5, 0.6) is 0 Å². The normalized spacial score (nSPS) is 10.4. The van der Waals surface area contributed by atoms with Gasteiger partial charge < -0.3 is 5.32 Å². The Kier molecular flexibility index (Phi) is 4.09. The molecule has 1 heterocycles. The second-order valence-electron chi connectivity index (χ2n) is 3.64. The van der Waals surface area contributed by atoms with Crippen LogP contribution in [0.25, 0.3) is 11.3 Å². The van der Waals surface area contributed by atoms with Crippen molar-refractivity contribution in [1.82, 2.24) is 10.2 Å². The molecular weight excluding hydrogens is 226 g/mol. The molecule has 0 aliphatic rings. The van der Waals surface area contributed by atoms with Crippen LogP contribution in [0.1, 0.15) is 6.42 Å². The number of aromatic amines is 1. The average molecular weight is 239 g/mol. The van der Waals surface area contributed by atoms with E-state index in [1.54, 1.807) is 12.5 Å². The standard InChI is InChI=1S/C13H13N5/c14-7-1-8-15-10-16-12-4-2-11(3-5-12)13-6-9-17-18-13/h2-6,9-10H,1,8H2,(H,15,16)(H,17,18). The lowest BCUT2D eigenvalue weighted by atomic mass is 10.1. The van der Waals surface area contributed by atoms with Gasteiger partial charge in [-0.15, -0.1) is 0 Å². The van der Waals surface area contributed by atoms with Gasteiger partial charge in [-0.25, -0.2) is 0 Å². The lowest BCUT2D eigenvalue weighted by Gasteiger charge is -2.01. The van der Waals surface area contributed by atoms with Gasteiger partial charge >= 0.3 is 0 Å². The highest BCUT2D eigenvalue weighted by Crippen LogP contribution is 2.18. The first-order valence-electron chi connectivity index (χ1n) is 5.62. The van der Waals surface area contributed by atoms with Crippen LogP contribution in [-0.4, -0.2) is 23.1 Å². The topological polar surface area (TPSA) is 76.9 Å². The van der Waals surface area contributed by atoms with Gasteiger partial charge in [0.05, 0.1) is 31.1 Å². The summed E-state index contributed by atoms with van der Waals surface area (Å²) >= 11 is 0. The minimum atomic E-state index is 0.441. The summed E-state index contributed by atoms with van der Waals surface area (Å²) in [5.74, 6) is 0. The molecule has 1 aromatic carbocycles. The third kappa shape index (κ3) is 3.19. The molecule has 0 bridgehead atoms. The number of nitriles is 1. The molecule has 0 amide bonds. The predicted octanol–water partition coefficient (Wildman–Crippen LogP) is 2.43. The van der Waals surface area contributed by atoms with E-state index in [0.717, 1.165) is 16.9 Å². The third-order valence-corrected chi connectivity index (χ3v) is 2.37. The third-order valence-electron chi connectivity index (χ3n) is 2.37. The van der Waals surface area contributed by atoms with Crippen LogP contribution in [0.4, 0.5) is 5.69 Å². The largest absolute Gasteiger partial charge is 0.347 e. The van der Waals surface area contributed by atoms with E-state index in [1.165, 1.54) is 0 Å². The van der Waals surface area contributed by atoms with Gasteiger partial charge in [-0.1, -0.05) is 12.1 Å². The molecule has 0 saturated carbocycles. The number of hydrogen-bond donors (Lipinski definition) is 2. The molecule has 0 aliphatic heterocycles. The number of nitrogens with one attached hydrogen (secondary N) is 2. The second kappa shape index (κ2) is 6.21. The number of H-pyrrole nitrogens is 1. The van der Waals surface area contributed by atoms with E-state index in [0.29, 0.717) is 13.0 Å². The zero-order valence-corrected chi connectivity index (χ0v) is 9.80. The summed E-state index contributed by atoms with van der Waals surface area (Å²) in [6, 6.07) is 11.9.